The molecule has 2 heterocycles. The van der Waals surface area contributed by atoms with Crippen LogP contribution in [0.4, 0.5) is 4.39 Å². The molecule has 2 N–H and O–H groups in total. The van der Waals surface area contributed by atoms with E-state index < -0.39 is 0 Å². The van der Waals surface area contributed by atoms with Gasteiger partial charge in [0.25, 0.3) is 0 Å². The van der Waals surface area contributed by atoms with Gasteiger partial charge in [-0.15, -0.1) is 24.0 Å². The van der Waals surface area contributed by atoms with Crippen LogP contribution in [0.1, 0.15) is 11.3 Å². The first-order valence-electron chi connectivity index (χ1n) is 7.87. The zero-order chi connectivity index (χ0) is 17.5. The molecule has 3 rings (SSSR count). The van der Waals surface area contributed by atoms with Crippen LogP contribution in [0.25, 0.3) is 5.69 Å². The maximum Gasteiger partial charge on any atom is 0.191 e. The first kappa shape index (κ1) is 19.8. The van der Waals surface area contributed by atoms with Crippen LogP contribution in [0.3, 0.4) is 0 Å². The van der Waals surface area contributed by atoms with Crippen LogP contribution in [0.5, 0.6) is 0 Å². The second kappa shape index (κ2) is 9.85. The number of hydrogen-bond acceptors (Lipinski definition) is 3. The van der Waals surface area contributed by atoms with Crippen molar-refractivity contribution in [1.29, 1.82) is 0 Å². The summed E-state index contributed by atoms with van der Waals surface area (Å²) in [7, 11) is 1.69. The van der Waals surface area contributed by atoms with Gasteiger partial charge in [0, 0.05) is 32.2 Å². The third-order valence-corrected chi connectivity index (χ3v) is 3.64. The minimum absolute atomic E-state index is 0. The molecule has 2 aromatic heterocycles. The number of hydrogen-bond donors (Lipinski definition) is 2. The highest BCUT2D eigenvalue weighted by atomic mass is 127. The number of rotatable bonds is 5. The van der Waals surface area contributed by atoms with E-state index in [1.807, 2.05) is 24.3 Å². The van der Waals surface area contributed by atoms with Crippen molar-refractivity contribution in [3.8, 4) is 5.69 Å². The number of nitrogens with zero attached hydrogens (tertiary/aromatic N) is 4. The molecular formula is C18H20FIN6. The van der Waals surface area contributed by atoms with Crippen LogP contribution in [0.2, 0.25) is 0 Å². The van der Waals surface area contributed by atoms with Gasteiger partial charge >= 0.3 is 0 Å². The van der Waals surface area contributed by atoms with Gasteiger partial charge in [0.2, 0.25) is 0 Å². The summed E-state index contributed by atoms with van der Waals surface area (Å²) in [5.74, 6) is 0.332. The highest BCUT2D eigenvalue weighted by molar-refractivity contribution is 14.0. The average molecular weight is 466 g/mol. The normalized spacial score (nSPS) is 10.9. The lowest BCUT2D eigenvalue weighted by atomic mass is 10.2. The Morgan fingerprint density at radius 1 is 1.15 bits per heavy atom. The van der Waals surface area contributed by atoms with E-state index in [0.717, 1.165) is 11.3 Å². The monoisotopic (exact) mass is 466 g/mol. The highest BCUT2D eigenvalue weighted by Crippen LogP contribution is 2.14. The van der Waals surface area contributed by atoms with E-state index in [2.05, 4.69) is 25.6 Å². The zero-order valence-electron chi connectivity index (χ0n) is 14.3. The standard InChI is InChI=1S/C18H19FN6.HI/c1-20-18(24-12-15-4-2-3-7-22-15)23-11-14-5-6-17(16(19)10-14)25-9-8-21-13-25;/h2-10,13H,11-12H2,1H3,(H2,20,23,24);1H. The molecule has 0 bridgehead atoms. The van der Waals surface area contributed by atoms with E-state index in [-0.39, 0.29) is 29.8 Å². The third kappa shape index (κ3) is 5.25. The van der Waals surface area contributed by atoms with E-state index >= 15 is 0 Å². The fourth-order valence-corrected chi connectivity index (χ4v) is 2.35. The van der Waals surface area contributed by atoms with Crippen LogP contribution in [-0.4, -0.2) is 27.5 Å². The summed E-state index contributed by atoms with van der Waals surface area (Å²) >= 11 is 0. The fraction of sp³-hybridized carbons (Fsp3) is 0.167. The Bertz CT molecular complexity index is 836. The van der Waals surface area contributed by atoms with Crippen molar-refractivity contribution in [2.45, 2.75) is 13.1 Å². The number of guanidine groups is 1. The zero-order valence-corrected chi connectivity index (χ0v) is 16.6. The molecule has 8 heteroatoms. The topological polar surface area (TPSA) is 67.1 Å². The molecule has 3 aromatic rings. The molecule has 0 unspecified atom stereocenters. The van der Waals surface area contributed by atoms with Gasteiger partial charge in [-0.1, -0.05) is 12.1 Å². The molecule has 0 aliphatic carbocycles. The molecule has 26 heavy (non-hydrogen) atoms. The summed E-state index contributed by atoms with van der Waals surface area (Å²) in [5, 5.41) is 6.34. The number of benzene rings is 1. The molecule has 0 aliphatic rings. The van der Waals surface area contributed by atoms with Crippen molar-refractivity contribution < 1.29 is 4.39 Å². The molecule has 6 nitrogen and oxygen atoms in total. The van der Waals surface area contributed by atoms with Crippen LogP contribution in [-0.2, 0) is 13.1 Å². The Hall–Kier alpha value is -2.49. The molecule has 0 fully saturated rings. The number of aliphatic imine (C=N–C) groups is 1. The molecular weight excluding hydrogens is 446 g/mol. The largest absolute Gasteiger partial charge is 0.352 e. The maximum atomic E-state index is 14.3. The Morgan fingerprint density at radius 3 is 2.65 bits per heavy atom. The van der Waals surface area contributed by atoms with Gasteiger partial charge in [-0.05, 0) is 29.8 Å². The molecule has 0 aliphatic heterocycles. The minimum atomic E-state index is -0.297. The summed E-state index contributed by atoms with van der Waals surface area (Å²) in [4.78, 5) is 12.3. The molecule has 0 spiro atoms. The van der Waals surface area contributed by atoms with Crippen LogP contribution >= 0.6 is 24.0 Å². The van der Waals surface area contributed by atoms with Crippen molar-refractivity contribution in [2.75, 3.05) is 7.05 Å². The molecule has 0 saturated heterocycles. The number of nitrogens with one attached hydrogen (secondary N) is 2. The van der Waals surface area contributed by atoms with Gasteiger partial charge < -0.3 is 15.2 Å². The predicted molar refractivity (Wildman–Crippen MR) is 110 cm³/mol. The van der Waals surface area contributed by atoms with Gasteiger partial charge in [0.05, 0.1) is 24.3 Å². The Balaban J connectivity index is 0.00000243. The summed E-state index contributed by atoms with van der Waals surface area (Å²) in [6.07, 6.45) is 6.64. The Morgan fingerprint density at radius 2 is 2.00 bits per heavy atom. The van der Waals surface area contributed by atoms with Crippen molar-refractivity contribution >= 4 is 29.9 Å². The first-order valence-corrected chi connectivity index (χ1v) is 7.87. The van der Waals surface area contributed by atoms with Gasteiger partial charge in [0.15, 0.2) is 5.96 Å². The lowest BCUT2D eigenvalue weighted by Gasteiger charge is -2.12. The second-order valence-electron chi connectivity index (χ2n) is 5.36. The smallest absolute Gasteiger partial charge is 0.191 e. The molecule has 1 aromatic carbocycles. The summed E-state index contributed by atoms with van der Waals surface area (Å²) < 4.78 is 15.9. The van der Waals surface area contributed by atoms with E-state index in [9.17, 15) is 4.39 Å². The minimum Gasteiger partial charge on any atom is -0.352 e. The van der Waals surface area contributed by atoms with E-state index in [0.29, 0.717) is 24.7 Å². The van der Waals surface area contributed by atoms with Crippen molar-refractivity contribution in [2.24, 2.45) is 4.99 Å². The Labute approximate surface area is 168 Å². The van der Waals surface area contributed by atoms with Crippen LogP contribution < -0.4 is 10.6 Å². The quantitative estimate of drug-likeness (QED) is 0.345. The average Bonchev–Trinajstić information content (AvgIpc) is 3.17. The van der Waals surface area contributed by atoms with Crippen molar-refractivity contribution in [3.63, 3.8) is 0 Å². The van der Waals surface area contributed by atoms with E-state index in [1.165, 1.54) is 6.07 Å². The lowest BCUT2D eigenvalue weighted by Crippen LogP contribution is -2.36. The fourth-order valence-electron chi connectivity index (χ4n) is 2.35. The maximum absolute atomic E-state index is 14.3. The second-order valence-corrected chi connectivity index (χ2v) is 5.36. The molecule has 0 radical (unpaired) electrons. The molecule has 0 atom stereocenters. The number of pyridine rings is 1. The summed E-state index contributed by atoms with van der Waals surface area (Å²) in [6.45, 7) is 1.03. The van der Waals surface area contributed by atoms with Crippen molar-refractivity contribution in [1.82, 2.24) is 25.2 Å². The molecule has 0 amide bonds. The third-order valence-electron chi connectivity index (χ3n) is 3.64. The number of halogens is 2. The van der Waals surface area contributed by atoms with Gasteiger partial charge in [-0.3, -0.25) is 9.98 Å². The molecule has 0 saturated carbocycles. The Kier molecular flexibility index (Phi) is 7.52. The summed E-state index contributed by atoms with van der Waals surface area (Å²) in [6, 6.07) is 10.9. The van der Waals surface area contributed by atoms with Gasteiger partial charge in [-0.25, -0.2) is 9.37 Å². The molecule has 136 valence electrons. The SMILES string of the molecule is CN=C(NCc1ccc(-n2ccnc2)c(F)c1)NCc1ccccn1.I. The van der Waals surface area contributed by atoms with Crippen LogP contribution in [0.15, 0.2) is 66.3 Å². The van der Waals surface area contributed by atoms with E-state index in [1.54, 1.807) is 42.6 Å². The van der Waals surface area contributed by atoms with Crippen molar-refractivity contribution in [3.05, 3.63) is 78.4 Å². The first-order chi connectivity index (χ1) is 12.3. The number of imidazole rings is 1. The van der Waals surface area contributed by atoms with Gasteiger partial charge in [-0.2, -0.15) is 0 Å². The van der Waals surface area contributed by atoms with Gasteiger partial charge in [0.1, 0.15) is 5.82 Å². The highest BCUT2D eigenvalue weighted by Gasteiger charge is 2.06. The predicted octanol–water partition coefficient (Wildman–Crippen LogP) is 2.89. The number of aromatic nitrogens is 3. The lowest BCUT2D eigenvalue weighted by molar-refractivity contribution is 0.615. The van der Waals surface area contributed by atoms with E-state index in [4.69, 9.17) is 0 Å². The van der Waals surface area contributed by atoms with Crippen LogP contribution in [0, 0.1) is 5.82 Å². The summed E-state index contributed by atoms with van der Waals surface area (Å²) in [5.41, 5.74) is 2.21.